The van der Waals surface area contributed by atoms with Crippen molar-refractivity contribution in [2.24, 2.45) is 0 Å². The maximum Gasteiger partial charge on any atom is 0.251 e. The van der Waals surface area contributed by atoms with E-state index in [1.807, 2.05) is 45.0 Å². The first-order chi connectivity index (χ1) is 12.0. The number of carbonyl (C=O) groups excluding carboxylic acids is 1. The molecule has 1 heterocycles. The summed E-state index contributed by atoms with van der Waals surface area (Å²) < 4.78 is 5.74. The Labute approximate surface area is 148 Å². The van der Waals surface area contributed by atoms with Crippen LogP contribution in [0.5, 0.6) is 0 Å². The van der Waals surface area contributed by atoms with E-state index in [0.29, 0.717) is 17.0 Å². The van der Waals surface area contributed by atoms with Crippen LogP contribution in [-0.2, 0) is 6.42 Å². The molecule has 130 valence electrons. The Balaban J connectivity index is 1.63. The van der Waals surface area contributed by atoms with E-state index in [1.165, 1.54) is 5.56 Å². The highest BCUT2D eigenvalue weighted by Crippen LogP contribution is 2.22. The lowest BCUT2D eigenvalue weighted by atomic mass is 10.1. The Kier molecular flexibility index (Phi) is 5.17. The van der Waals surface area contributed by atoms with E-state index in [9.17, 15) is 4.79 Å². The maximum atomic E-state index is 12.5. The van der Waals surface area contributed by atoms with E-state index in [-0.39, 0.29) is 17.9 Å². The van der Waals surface area contributed by atoms with Crippen molar-refractivity contribution >= 4 is 17.0 Å². The van der Waals surface area contributed by atoms with E-state index in [1.54, 1.807) is 12.1 Å². The lowest BCUT2D eigenvalue weighted by molar-refractivity contribution is 0.0938. The molecule has 0 fully saturated rings. The van der Waals surface area contributed by atoms with Gasteiger partial charge in [-0.15, -0.1) is 0 Å². The van der Waals surface area contributed by atoms with E-state index >= 15 is 0 Å². The van der Waals surface area contributed by atoms with Crippen molar-refractivity contribution in [2.75, 3.05) is 0 Å². The molecule has 1 aromatic heterocycles. The van der Waals surface area contributed by atoms with Crippen molar-refractivity contribution in [1.82, 2.24) is 10.3 Å². The molecule has 0 spiro atoms. The summed E-state index contributed by atoms with van der Waals surface area (Å²) in [5, 5.41) is 3.06. The van der Waals surface area contributed by atoms with Gasteiger partial charge in [0.05, 0.1) is 0 Å². The van der Waals surface area contributed by atoms with Crippen LogP contribution in [0.4, 0.5) is 0 Å². The van der Waals surface area contributed by atoms with Crippen molar-refractivity contribution in [2.45, 2.75) is 45.6 Å². The zero-order valence-electron chi connectivity index (χ0n) is 15.0. The van der Waals surface area contributed by atoms with E-state index in [4.69, 9.17) is 4.42 Å². The first-order valence-electron chi connectivity index (χ1n) is 8.78. The van der Waals surface area contributed by atoms with Gasteiger partial charge >= 0.3 is 0 Å². The molecule has 1 amide bonds. The Hall–Kier alpha value is -2.62. The molecule has 0 bridgehead atoms. The molecule has 4 heteroatoms. The van der Waals surface area contributed by atoms with Crippen LogP contribution in [0.1, 0.15) is 54.9 Å². The topological polar surface area (TPSA) is 55.1 Å². The Morgan fingerprint density at radius 3 is 2.60 bits per heavy atom. The SMILES string of the molecule is CC(CCc1ccccc1)NC(=O)c1ccc2nc(C(C)C)oc2c1. The van der Waals surface area contributed by atoms with Gasteiger partial charge in [0.25, 0.3) is 5.91 Å². The number of benzene rings is 2. The molecule has 1 unspecified atom stereocenters. The van der Waals surface area contributed by atoms with Crippen LogP contribution in [0.2, 0.25) is 0 Å². The second kappa shape index (κ2) is 7.51. The van der Waals surface area contributed by atoms with Gasteiger partial charge in [0.2, 0.25) is 0 Å². The lowest BCUT2D eigenvalue weighted by Gasteiger charge is -2.14. The minimum Gasteiger partial charge on any atom is -0.440 e. The van der Waals surface area contributed by atoms with Crippen LogP contribution in [0.15, 0.2) is 52.9 Å². The number of aromatic nitrogens is 1. The molecule has 0 aliphatic rings. The van der Waals surface area contributed by atoms with Crippen molar-refractivity contribution in [1.29, 1.82) is 0 Å². The standard InChI is InChI=1S/C21H24N2O2/c1-14(2)21-23-18-12-11-17(13-19(18)25-21)20(24)22-15(3)9-10-16-7-5-4-6-8-16/h4-8,11-15H,9-10H2,1-3H3,(H,22,24). The van der Waals surface area contributed by atoms with Crippen molar-refractivity contribution in [3.8, 4) is 0 Å². The molecule has 0 radical (unpaired) electrons. The molecule has 2 aromatic carbocycles. The Morgan fingerprint density at radius 1 is 1.12 bits per heavy atom. The second-order valence-corrected chi connectivity index (χ2v) is 6.79. The van der Waals surface area contributed by atoms with E-state index < -0.39 is 0 Å². The molecule has 4 nitrogen and oxygen atoms in total. The molecule has 3 aromatic rings. The van der Waals surface area contributed by atoms with Crippen molar-refractivity contribution in [3.05, 3.63) is 65.5 Å². The van der Waals surface area contributed by atoms with Crippen LogP contribution < -0.4 is 5.32 Å². The number of fused-ring (bicyclic) bond motifs is 1. The first kappa shape index (κ1) is 17.2. The third kappa shape index (κ3) is 4.27. The van der Waals surface area contributed by atoms with Gasteiger partial charge in [0.1, 0.15) is 5.52 Å². The summed E-state index contributed by atoms with van der Waals surface area (Å²) in [4.78, 5) is 16.9. The summed E-state index contributed by atoms with van der Waals surface area (Å²) in [6, 6.07) is 15.8. The van der Waals surface area contributed by atoms with Gasteiger partial charge in [-0.2, -0.15) is 0 Å². The number of rotatable bonds is 6. The number of aryl methyl sites for hydroxylation is 1. The monoisotopic (exact) mass is 336 g/mol. The van der Waals surface area contributed by atoms with Crippen LogP contribution in [-0.4, -0.2) is 16.9 Å². The zero-order chi connectivity index (χ0) is 17.8. The normalized spacial score (nSPS) is 12.5. The number of carbonyl (C=O) groups is 1. The summed E-state index contributed by atoms with van der Waals surface area (Å²) in [5.74, 6) is 0.844. The molecule has 1 atom stereocenters. The predicted octanol–water partition coefficient (Wildman–Crippen LogP) is 4.70. The summed E-state index contributed by atoms with van der Waals surface area (Å²) in [7, 11) is 0. The van der Waals surface area contributed by atoms with Gasteiger partial charge in [-0.25, -0.2) is 4.98 Å². The predicted molar refractivity (Wildman–Crippen MR) is 99.8 cm³/mol. The number of oxazole rings is 1. The fraction of sp³-hybridized carbons (Fsp3) is 0.333. The van der Waals surface area contributed by atoms with Gasteiger partial charge in [0.15, 0.2) is 11.5 Å². The number of amides is 1. The molecule has 0 aliphatic heterocycles. The number of hydrogen-bond acceptors (Lipinski definition) is 3. The first-order valence-corrected chi connectivity index (χ1v) is 8.78. The van der Waals surface area contributed by atoms with Gasteiger partial charge in [-0.05, 0) is 43.5 Å². The van der Waals surface area contributed by atoms with E-state index in [2.05, 4.69) is 22.4 Å². The molecule has 0 aliphatic carbocycles. The Bertz CT molecular complexity index is 853. The fourth-order valence-corrected chi connectivity index (χ4v) is 2.74. The third-order valence-corrected chi connectivity index (χ3v) is 4.25. The molecule has 0 saturated heterocycles. The average molecular weight is 336 g/mol. The second-order valence-electron chi connectivity index (χ2n) is 6.79. The summed E-state index contributed by atoms with van der Waals surface area (Å²) in [6.45, 7) is 6.10. The van der Waals surface area contributed by atoms with Crippen molar-refractivity contribution in [3.63, 3.8) is 0 Å². The molecule has 3 rings (SSSR count). The summed E-state index contributed by atoms with van der Waals surface area (Å²) >= 11 is 0. The Morgan fingerprint density at radius 2 is 1.88 bits per heavy atom. The lowest BCUT2D eigenvalue weighted by Crippen LogP contribution is -2.32. The number of hydrogen-bond donors (Lipinski definition) is 1. The zero-order valence-corrected chi connectivity index (χ0v) is 15.0. The van der Waals surface area contributed by atoms with Crippen LogP contribution >= 0.6 is 0 Å². The molecule has 25 heavy (non-hydrogen) atoms. The molecular weight excluding hydrogens is 312 g/mol. The maximum absolute atomic E-state index is 12.5. The number of nitrogens with zero attached hydrogens (tertiary/aromatic N) is 1. The van der Waals surface area contributed by atoms with Gasteiger partial charge in [-0.1, -0.05) is 44.2 Å². The molecular formula is C21H24N2O2. The van der Waals surface area contributed by atoms with Gasteiger partial charge in [0, 0.05) is 17.5 Å². The largest absolute Gasteiger partial charge is 0.440 e. The van der Waals surface area contributed by atoms with Crippen LogP contribution in [0.3, 0.4) is 0 Å². The fourth-order valence-electron chi connectivity index (χ4n) is 2.74. The summed E-state index contributed by atoms with van der Waals surface area (Å²) in [5.41, 5.74) is 3.34. The van der Waals surface area contributed by atoms with E-state index in [0.717, 1.165) is 18.4 Å². The van der Waals surface area contributed by atoms with Gasteiger partial charge in [-0.3, -0.25) is 4.79 Å². The highest BCUT2D eigenvalue weighted by Gasteiger charge is 2.14. The minimum absolute atomic E-state index is 0.0787. The minimum atomic E-state index is -0.0787. The quantitative estimate of drug-likeness (QED) is 0.710. The summed E-state index contributed by atoms with van der Waals surface area (Å²) in [6.07, 6.45) is 1.85. The molecule has 1 N–H and O–H groups in total. The highest BCUT2D eigenvalue weighted by molar-refractivity contribution is 5.97. The highest BCUT2D eigenvalue weighted by atomic mass is 16.3. The smallest absolute Gasteiger partial charge is 0.251 e. The van der Waals surface area contributed by atoms with Gasteiger partial charge < -0.3 is 9.73 Å². The van der Waals surface area contributed by atoms with Crippen molar-refractivity contribution < 1.29 is 9.21 Å². The van der Waals surface area contributed by atoms with Crippen LogP contribution in [0, 0.1) is 0 Å². The van der Waals surface area contributed by atoms with Crippen LogP contribution in [0.25, 0.3) is 11.1 Å². The molecule has 0 saturated carbocycles. The number of nitrogens with one attached hydrogen (secondary N) is 1. The third-order valence-electron chi connectivity index (χ3n) is 4.25. The average Bonchev–Trinajstić information content (AvgIpc) is 3.04.